The van der Waals surface area contributed by atoms with Gasteiger partial charge in [-0.25, -0.2) is 9.07 Å². The zero-order valence-electron chi connectivity index (χ0n) is 18.5. The van der Waals surface area contributed by atoms with Gasteiger partial charge in [0.2, 0.25) is 5.91 Å². The number of aromatic nitrogens is 2. The fourth-order valence-corrected chi connectivity index (χ4v) is 3.32. The summed E-state index contributed by atoms with van der Waals surface area (Å²) >= 11 is 0. The molecule has 0 fully saturated rings. The molecule has 1 aromatic heterocycles. The molecule has 0 aliphatic heterocycles. The Bertz CT molecular complexity index is 1300. The Morgan fingerprint density at radius 1 is 0.971 bits per heavy atom. The molecule has 0 aliphatic carbocycles. The molecule has 2 N–H and O–H groups in total. The van der Waals surface area contributed by atoms with Crippen LogP contribution >= 0.6 is 0 Å². The molecular weight excluding hydrogens is 431 g/mol. The van der Waals surface area contributed by atoms with Crippen LogP contribution in [-0.4, -0.2) is 21.6 Å². The highest BCUT2D eigenvalue weighted by Crippen LogP contribution is 2.17. The van der Waals surface area contributed by atoms with Crippen molar-refractivity contribution in [1.29, 1.82) is 0 Å². The van der Waals surface area contributed by atoms with Gasteiger partial charge in [-0.2, -0.15) is 5.10 Å². The number of benzene rings is 3. The van der Waals surface area contributed by atoms with Gasteiger partial charge in [0.15, 0.2) is 0 Å². The fraction of sp³-hybridized carbons (Fsp3) is 0.0741. The van der Waals surface area contributed by atoms with Gasteiger partial charge in [-0.15, -0.1) is 0 Å². The van der Waals surface area contributed by atoms with Gasteiger partial charge < -0.3 is 10.6 Å². The standard InChI is InChI=1S/C27H23FN4O2/c1-19(21-10-14-24(15-11-21)31-27(34)22-8-12-23(28)13-9-22)30-26(33)16-7-20-17-29-32(18-20)25-5-3-2-4-6-25/h2-19H,1H3,(H,30,33)(H,31,34). The minimum atomic E-state index is -0.394. The Balaban J connectivity index is 1.31. The van der Waals surface area contributed by atoms with Crippen LogP contribution in [0, 0.1) is 5.82 Å². The first-order valence-electron chi connectivity index (χ1n) is 10.7. The highest BCUT2D eigenvalue weighted by molar-refractivity contribution is 6.04. The number of carbonyl (C=O) groups excluding carboxylic acids is 2. The number of rotatable bonds is 7. The van der Waals surface area contributed by atoms with Gasteiger partial charge in [0.05, 0.1) is 17.9 Å². The number of carbonyl (C=O) groups is 2. The van der Waals surface area contributed by atoms with Crippen molar-refractivity contribution >= 4 is 23.6 Å². The molecule has 1 heterocycles. The molecule has 0 saturated heterocycles. The third-order valence-electron chi connectivity index (χ3n) is 5.18. The van der Waals surface area contributed by atoms with E-state index in [0.29, 0.717) is 11.3 Å². The molecule has 2 amide bonds. The number of amides is 2. The van der Waals surface area contributed by atoms with Crippen LogP contribution in [0.1, 0.15) is 34.5 Å². The molecule has 0 aliphatic rings. The summed E-state index contributed by atoms with van der Waals surface area (Å²) in [4.78, 5) is 24.6. The number of nitrogens with one attached hydrogen (secondary N) is 2. The van der Waals surface area contributed by atoms with Crippen molar-refractivity contribution in [3.63, 3.8) is 0 Å². The highest BCUT2D eigenvalue weighted by Gasteiger charge is 2.10. The summed E-state index contributed by atoms with van der Waals surface area (Å²) in [5.74, 6) is -0.947. The second-order valence-corrected chi connectivity index (χ2v) is 7.70. The number of nitrogens with zero attached hydrogens (tertiary/aromatic N) is 2. The van der Waals surface area contributed by atoms with E-state index >= 15 is 0 Å². The monoisotopic (exact) mass is 454 g/mol. The lowest BCUT2D eigenvalue weighted by Crippen LogP contribution is -2.24. The molecule has 0 bridgehead atoms. The summed E-state index contributed by atoms with van der Waals surface area (Å²) in [6.07, 6.45) is 6.73. The number of para-hydroxylation sites is 1. The molecule has 1 atom stereocenters. The second kappa shape index (κ2) is 10.4. The third kappa shape index (κ3) is 5.83. The predicted octanol–water partition coefficient (Wildman–Crippen LogP) is 5.15. The smallest absolute Gasteiger partial charge is 0.255 e. The molecule has 4 aromatic rings. The van der Waals surface area contributed by atoms with Crippen LogP contribution in [0.4, 0.5) is 10.1 Å². The van der Waals surface area contributed by atoms with Gasteiger partial charge in [0.1, 0.15) is 5.82 Å². The first kappa shape index (κ1) is 22.7. The Morgan fingerprint density at radius 3 is 2.38 bits per heavy atom. The van der Waals surface area contributed by atoms with Crippen LogP contribution in [0.25, 0.3) is 11.8 Å². The number of hydrogen-bond donors (Lipinski definition) is 2. The van der Waals surface area contributed by atoms with Crippen LogP contribution in [-0.2, 0) is 4.79 Å². The first-order chi connectivity index (χ1) is 16.5. The van der Waals surface area contributed by atoms with Crippen molar-refractivity contribution in [3.8, 4) is 5.69 Å². The summed E-state index contributed by atoms with van der Waals surface area (Å²) < 4.78 is 14.8. The Hall–Kier alpha value is -4.52. The maximum atomic E-state index is 13.0. The molecule has 0 saturated carbocycles. The Morgan fingerprint density at radius 2 is 1.68 bits per heavy atom. The predicted molar refractivity (Wildman–Crippen MR) is 130 cm³/mol. The Kier molecular flexibility index (Phi) is 6.93. The molecule has 3 aromatic carbocycles. The van der Waals surface area contributed by atoms with Gasteiger partial charge >= 0.3 is 0 Å². The Labute approximate surface area is 196 Å². The zero-order chi connectivity index (χ0) is 23.9. The lowest BCUT2D eigenvalue weighted by molar-refractivity contribution is -0.117. The quantitative estimate of drug-likeness (QED) is 0.379. The van der Waals surface area contributed by atoms with Crippen molar-refractivity contribution in [2.75, 3.05) is 5.32 Å². The molecule has 170 valence electrons. The van der Waals surface area contributed by atoms with E-state index in [2.05, 4.69) is 15.7 Å². The lowest BCUT2D eigenvalue weighted by Gasteiger charge is -2.14. The molecule has 0 radical (unpaired) electrons. The summed E-state index contributed by atoms with van der Waals surface area (Å²) in [7, 11) is 0. The summed E-state index contributed by atoms with van der Waals surface area (Å²) in [5, 5.41) is 10.0. The van der Waals surface area contributed by atoms with Crippen LogP contribution in [0.15, 0.2) is 97.3 Å². The van der Waals surface area contributed by atoms with Crippen molar-refractivity contribution in [2.24, 2.45) is 0 Å². The summed E-state index contributed by atoms with van der Waals surface area (Å²) in [6.45, 7) is 1.88. The third-order valence-corrected chi connectivity index (χ3v) is 5.18. The van der Waals surface area contributed by atoms with E-state index in [1.54, 1.807) is 29.1 Å². The summed E-state index contributed by atoms with van der Waals surface area (Å²) in [6, 6.07) is 22.0. The minimum absolute atomic E-state index is 0.228. The molecule has 34 heavy (non-hydrogen) atoms. The number of anilines is 1. The van der Waals surface area contributed by atoms with Gasteiger partial charge in [0, 0.05) is 29.1 Å². The lowest BCUT2D eigenvalue weighted by atomic mass is 10.1. The first-order valence-corrected chi connectivity index (χ1v) is 10.7. The number of halogens is 1. The maximum Gasteiger partial charge on any atom is 0.255 e. The molecule has 6 nitrogen and oxygen atoms in total. The van der Waals surface area contributed by atoms with E-state index < -0.39 is 5.82 Å². The minimum Gasteiger partial charge on any atom is -0.346 e. The van der Waals surface area contributed by atoms with E-state index in [1.807, 2.05) is 55.6 Å². The van der Waals surface area contributed by atoms with E-state index in [-0.39, 0.29) is 17.9 Å². The molecule has 0 spiro atoms. The molecule has 4 rings (SSSR count). The van der Waals surface area contributed by atoms with E-state index in [1.165, 1.54) is 30.3 Å². The van der Waals surface area contributed by atoms with Crippen LogP contribution < -0.4 is 10.6 Å². The normalized spacial score (nSPS) is 11.8. The van der Waals surface area contributed by atoms with Crippen molar-refractivity contribution in [2.45, 2.75) is 13.0 Å². The van der Waals surface area contributed by atoms with Gasteiger partial charge in [-0.1, -0.05) is 30.3 Å². The average molecular weight is 455 g/mol. The van der Waals surface area contributed by atoms with Crippen LogP contribution in [0.2, 0.25) is 0 Å². The van der Waals surface area contributed by atoms with E-state index in [9.17, 15) is 14.0 Å². The largest absolute Gasteiger partial charge is 0.346 e. The van der Waals surface area contributed by atoms with Gasteiger partial charge in [0.25, 0.3) is 5.91 Å². The molecule has 1 unspecified atom stereocenters. The van der Waals surface area contributed by atoms with Gasteiger partial charge in [-0.3, -0.25) is 9.59 Å². The topological polar surface area (TPSA) is 76.0 Å². The zero-order valence-corrected chi connectivity index (χ0v) is 18.5. The molecule has 7 heteroatoms. The van der Waals surface area contributed by atoms with E-state index in [0.717, 1.165) is 16.8 Å². The average Bonchev–Trinajstić information content (AvgIpc) is 3.33. The van der Waals surface area contributed by atoms with Crippen LogP contribution in [0.3, 0.4) is 0 Å². The maximum absolute atomic E-state index is 13.0. The van der Waals surface area contributed by atoms with E-state index in [4.69, 9.17) is 0 Å². The highest BCUT2D eigenvalue weighted by atomic mass is 19.1. The second-order valence-electron chi connectivity index (χ2n) is 7.70. The van der Waals surface area contributed by atoms with Crippen molar-refractivity contribution in [3.05, 3.63) is 120 Å². The fourth-order valence-electron chi connectivity index (χ4n) is 3.32. The van der Waals surface area contributed by atoms with Crippen molar-refractivity contribution in [1.82, 2.24) is 15.1 Å². The SMILES string of the molecule is CC(NC(=O)C=Cc1cnn(-c2ccccc2)c1)c1ccc(NC(=O)c2ccc(F)cc2)cc1. The number of hydrogen-bond acceptors (Lipinski definition) is 3. The van der Waals surface area contributed by atoms with Crippen molar-refractivity contribution < 1.29 is 14.0 Å². The van der Waals surface area contributed by atoms with Crippen LogP contribution in [0.5, 0.6) is 0 Å². The molecular formula is C27H23FN4O2. The summed E-state index contributed by atoms with van der Waals surface area (Å²) in [5.41, 5.74) is 3.61. The van der Waals surface area contributed by atoms with Gasteiger partial charge in [-0.05, 0) is 67.1 Å².